The SMILES string of the molecule is CCOCCCNC(CC)C(O)c1cccs1. The van der Waals surface area contributed by atoms with Crippen molar-refractivity contribution in [2.75, 3.05) is 19.8 Å². The lowest BCUT2D eigenvalue weighted by molar-refractivity contribution is 0.120. The number of aliphatic hydroxyl groups is 1. The average molecular weight is 257 g/mol. The monoisotopic (exact) mass is 257 g/mol. The van der Waals surface area contributed by atoms with E-state index in [9.17, 15) is 5.11 Å². The van der Waals surface area contributed by atoms with Gasteiger partial charge in [0.15, 0.2) is 0 Å². The number of thiophene rings is 1. The van der Waals surface area contributed by atoms with Crippen molar-refractivity contribution in [2.45, 2.75) is 38.8 Å². The highest BCUT2D eigenvalue weighted by Crippen LogP contribution is 2.23. The molecule has 0 bridgehead atoms. The summed E-state index contributed by atoms with van der Waals surface area (Å²) in [6.45, 7) is 6.55. The van der Waals surface area contributed by atoms with Crippen LogP contribution < -0.4 is 5.32 Å². The van der Waals surface area contributed by atoms with Gasteiger partial charge in [0.25, 0.3) is 0 Å². The molecule has 2 atom stereocenters. The molecule has 1 aromatic rings. The van der Waals surface area contributed by atoms with Gasteiger partial charge in [-0.2, -0.15) is 0 Å². The van der Waals surface area contributed by atoms with Crippen LogP contribution in [0.1, 0.15) is 37.7 Å². The fourth-order valence-electron chi connectivity index (χ4n) is 1.74. The number of nitrogens with one attached hydrogen (secondary N) is 1. The molecule has 2 N–H and O–H groups in total. The van der Waals surface area contributed by atoms with E-state index in [0.29, 0.717) is 0 Å². The van der Waals surface area contributed by atoms with Crippen molar-refractivity contribution >= 4 is 11.3 Å². The lowest BCUT2D eigenvalue weighted by Crippen LogP contribution is -2.35. The maximum absolute atomic E-state index is 10.2. The first-order valence-corrected chi connectivity index (χ1v) is 7.20. The number of hydrogen-bond acceptors (Lipinski definition) is 4. The van der Waals surface area contributed by atoms with Crippen molar-refractivity contribution in [1.82, 2.24) is 5.32 Å². The third-order valence-electron chi connectivity index (χ3n) is 2.73. The molecule has 0 saturated carbocycles. The van der Waals surface area contributed by atoms with Gasteiger partial charge in [-0.25, -0.2) is 0 Å². The summed E-state index contributed by atoms with van der Waals surface area (Å²) in [5.41, 5.74) is 0. The highest BCUT2D eigenvalue weighted by molar-refractivity contribution is 7.10. The second-order valence-electron chi connectivity index (χ2n) is 3.98. The van der Waals surface area contributed by atoms with Gasteiger partial charge in [0.2, 0.25) is 0 Å². The molecular weight excluding hydrogens is 234 g/mol. The Morgan fingerprint density at radius 3 is 2.88 bits per heavy atom. The molecule has 0 radical (unpaired) electrons. The van der Waals surface area contributed by atoms with Gasteiger partial charge in [-0.05, 0) is 37.8 Å². The normalized spacial score (nSPS) is 14.8. The summed E-state index contributed by atoms with van der Waals surface area (Å²) in [5.74, 6) is 0. The predicted octanol–water partition coefficient (Wildman–Crippen LogP) is 2.58. The topological polar surface area (TPSA) is 41.5 Å². The molecule has 0 aliphatic carbocycles. The Hall–Kier alpha value is -0.420. The van der Waals surface area contributed by atoms with Gasteiger partial charge in [0.05, 0.1) is 0 Å². The highest BCUT2D eigenvalue weighted by atomic mass is 32.1. The highest BCUT2D eigenvalue weighted by Gasteiger charge is 2.18. The fraction of sp³-hybridized carbons (Fsp3) is 0.692. The molecule has 1 aromatic heterocycles. The lowest BCUT2D eigenvalue weighted by Gasteiger charge is -2.22. The Bertz CT molecular complexity index is 277. The van der Waals surface area contributed by atoms with Gasteiger partial charge in [0, 0.05) is 24.1 Å². The Kier molecular flexibility index (Phi) is 7.44. The van der Waals surface area contributed by atoms with Gasteiger partial charge in [-0.1, -0.05) is 13.0 Å². The summed E-state index contributed by atoms with van der Waals surface area (Å²) < 4.78 is 5.28. The Balaban J connectivity index is 2.28. The predicted molar refractivity (Wildman–Crippen MR) is 72.5 cm³/mol. The Morgan fingerprint density at radius 2 is 2.29 bits per heavy atom. The first-order valence-electron chi connectivity index (χ1n) is 6.32. The van der Waals surface area contributed by atoms with Crippen LogP contribution >= 0.6 is 11.3 Å². The second-order valence-corrected chi connectivity index (χ2v) is 4.96. The van der Waals surface area contributed by atoms with Crippen molar-refractivity contribution in [3.05, 3.63) is 22.4 Å². The Morgan fingerprint density at radius 1 is 1.47 bits per heavy atom. The third kappa shape index (κ3) is 5.17. The molecule has 1 rings (SSSR count). The molecule has 0 aliphatic rings. The summed E-state index contributed by atoms with van der Waals surface area (Å²) in [7, 11) is 0. The summed E-state index contributed by atoms with van der Waals surface area (Å²) in [5, 5.41) is 15.6. The minimum atomic E-state index is -0.396. The zero-order valence-corrected chi connectivity index (χ0v) is 11.5. The minimum Gasteiger partial charge on any atom is -0.386 e. The molecule has 4 heteroatoms. The van der Waals surface area contributed by atoms with Crippen LogP contribution in [0.5, 0.6) is 0 Å². The van der Waals surface area contributed by atoms with Crippen molar-refractivity contribution in [3.8, 4) is 0 Å². The zero-order valence-electron chi connectivity index (χ0n) is 10.7. The third-order valence-corrected chi connectivity index (χ3v) is 3.67. The molecule has 0 amide bonds. The largest absolute Gasteiger partial charge is 0.386 e. The number of ether oxygens (including phenoxy) is 1. The summed E-state index contributed by atoms with van der Waals surface area (Å²) in [6, 6.07) is 4.10. The molecule has 3 nitrogen and oxygen atoms in total. The van der Waals surface area contributed by atoms with E-state index >= 15 is 0 Å². The molecule has 98 valence electrons. The van der Waals surface area contributed by atoms with Gasteiger partial charge in [-0.15, -0.1) is 11.3 Å². The standard InChI is InChI=1S/C13H23NO2S/c1-3-11(14-8-6-9-16-4-2)13(15)12-7-5-10-17-12/h5,7,10-11,13-15H,3-4,6,8-9H2,1-2H3. The van der Waals surface area contributed by atoms with Crippen LogP contribution in [0.2, 0.25) is 0 Å². The molecule has 0 fully saturated rings. The lowest BCUT2D eigenvalue weighted by atomic mass is 10.1. The molecule has 17 heavy (non-hydrogen) atoms. The summed E-state index contributed by atoms with van der Waals surface area (Å²) >= 11 is 1.61. The van der Waals surface area contributed by atoms with Crippen molar-refractivity contribution in [2.24, 2.45) is 0 Å². The van der Waals surface area contributed by atoms with Crippen LogP contribution in [0, 0.1) is 0 Å². The molecule has 0 aromatic carbocycles. The van der Waals surface area contributed by atoms with Crippen LogP contribution in [0.3, 0.4) is 0 Å². The molecule has 0 saturated heterocycles. The minimum absolute atomic E-state index is 0.135. The van der Waals surface area contributed by atoms with E-state index in [2.05, 4.69) is 12.2 Å². The van der Waals surface area contributed by atoms with Crippen molar-refractivity contribution in [3.63, 3.8) is 0 Å². The smallest absolute Gasteiger partial charge is 0.103 e. The fourth-order valence-corrected chi connectivity index (χ4v) is 2.52. The van der Waals surface area contributed by atoms with E-state index in [4.69, 9.17) is 4.74 Å². The zero-order chi connectivity index (χ0) is 12.5. The van der Waals surface area contributed by atoms with E-state index in [-0.39, 0.29) is 6.04 Å². The van der Waals surface area contributed by atoms with Crippen LogP contribution in [-0.4, -0.2) is 30.9 Å². The van der Waals surface area contributed by atoms with Gasteiger partial charge in [0.1, 0.15) is 6.10 Å². The van der Waals surface area contributed by atoms with Gasteiger partial charge < -0.3 is 15.2 Å². The molecule has 0 spiro atoms. The van der Waals surface area contributed by atoms with Crippen molar-refractivity contribution in [1.29, 1.82) is 0 Å². The van der Waals surface area contributed by atoms with Crippen LogP contribution in [0.25, 0.3) is 0 Å². The number of rotatable bonds is 9. The molecule has 0 aliphatic heterocycles. The van der Waals surface area contributed by atoms with E-state index in [1.807, 2.05) is 24.4 Å². The first-order chi connectivity index (χ1) is 8.29. The van der Waals surface area contributed by atoms with Gasteiger partial charge in [-0.3, -0.25) is 0 Å². The quantitative estimate of drug-likeness (QED) is 0.668. The molecular formula is C13H23NO2S. The van der Waals surface area contributed by atoms with E-state index in [1.165, 1.54) is 0 Å². The molecule has 2 unspecified atom stereocenters. The maximum Gasteiger partial charge on any atom is 0.103 e. The summed E-state index contributed by atoms with van der Waals surface area (Å²) in [4.78, 5) is 1.04. The average Bonchev–Trinajstić information content (AvgIpc) is 2.87. The van der Waals surface area contributed by atoms with E-state index in [1.54, 1.807) is 11.3 Å². The maximum atomic E-state index is 10.2. The Labute approximate surface area is 108 Å². The van der Waals surface area contributed by atoms with Crippen molar-refractivity contribution < 1.29 is 9.84 Å². The number of aliphatic hydroxyl groups excluding tert-OH is 1. The van der Waals surface area contributed by atoms with Gasteiger partial charge >= 0.3 is 0 Å². The second kappa shape index (κ2) is 8.64. The first kappa shape index (κ1) is 14.6. The van der Waals surface area contributed by atoms with Crippen LogP contribution in [0.4, 0.5) is 0 Å². The van der Waals surface area contributed by atoms with Crippen LogP contribution in [-0.2, 0) is 4.74 Å². The van der Waals surface area contributed by atoms with Crippen LogP contribution in [0.15, 0.2) is 17.5 Å². The van der Waals surface area contributed by atoms with E-state index in [0.717, 1.165) is 37.5 Å². The molecule has 1 heterocycles. The number of hydrogen-bond donors (Lipinski definition) is 2. The van der Waals surface area contributed by atoms with E-state index < -0.39 is 6.10 Å². The summed E-state index contributed by atoms with van der Waals surface area (Å²) in [6.07, 6.45) is 1.52.